The summed E-state index contributed by atoms with van der Waals surface area (Å²) in [4.78, 5) is 19.3. The van der Waals surface area contributed by atoms with Gasteiger partial charge in [0.25, 0.3) is 0 Å². The number of nitrogens with zero attached hydrogens (tertiary/aromatic N) is 2. The van der Waals surface area contributed by atoms with Gasteiger partial charge in [0.2, 0.25) is 5.91 Å². The highest BCUT2D eigenvalue weighted by Crippen LogP contribution is 2.29. The molecule has 6 nitrogen and oxygen atoms in total. The summed E-state index contributed by atoms with van der Waals surface area (Å²) in [6.07, 6.45) is 3.76. The second-order valence-electron chi connectivity index (χ2n) is 7.37. The van der Waals surface area contributed by atoms with Crippen molar-refractivity contribution in [1.29, 1.82) is 0 Å². The standard InChI is InChI=1S/C24H26N2O4S2/c1-4-14-26(23(27)9-6-15-30-20-8-5-7-18(2)16-20)24-25-22(17-31-24)19-10-12-21(13-11-19)32(3,28)29/h4-5,7-8,10-13,16-17H,1,6,9,14-15H2,2-3H3. The molecule has 0 saturated carbocycles. The minimum Gasteiger partial charge on any atom is -0.494 e. The van der Waals surface area contributed by atoms with Gasteiger partial charge in [-0.3, -0.25) is 9.69 Å². The van der Waals surface area contributed by atoms with Gasteiger partial charge in [-0.25, -0.2) is 13.4 Å². The molecule has 1 heterocycles. The van der Waals surface area contributed by atoms with Crippen LogP contribution in [0.5, 0.6) is 5.75 Å². The number of benzene rings is 2. The second kappa shape index (κ2) is 10.6. The largest absolute Gasteiger partial charge is 0.494 e. The van der Waals surface area contributed by atoms with Crippen LogP contribution in [0.25, 0.3) is 11.3 Å². The van der Waals surface area contributed by atoms with Gasteiger partial charge in [0.05, 0.1) is 17.2 Å². The van der Waals surface area contributed by atoms with Crippen LogP contribution in [0, 0.1) is 6.92 Å². The first kappa shape index (κ1) is 23.7. The van der Waals surface area contributed by atoms with E-state index < -0.39 is 9.84 Å². The number of rotatable bonds is 10. The van der Waals surface area contributed by atoms with Crippen molar-refractivity contribution >= 4 is 32.2 Å². The maximum Gasteiger partial charge on any atom is 0.229 e. The van der Waals surface area contributed by atoms with E-state index in [0.29, 0.717) is 36.8 Å². The number of carbonyl (C=O) groups is 1. The van der Waals surface area contributed by atoms with Gasteiger partial charge in [-0.05, 0) is 43.2 Å². The van der Waals surface area contributed by atoms with E-state index in [1.807, 2.05) is 36.6 Å². The summed E-state index contributed by atoms with van der Waals surface area (Å²) in [5, 5.41) is 2.44. The lowest BCUT2D eigenvalue weighted by Crippen LogP contribution is -2.31. The number of carbonyl (C=O) groups excluding carboxylic acids is 1. The average molecular weight is 471 g/mol. The van der Waals surface area contributed by atoms with Crippen LogP contribution in [0.2, 0.25) is 0 Å². The Hall–Kier alpha value is -2.97. The lowest BCUT2D eigenvalue weighted by Gasteiger charge is -2.18. The molecule has 2 aromatic carbocycles. The van der Waals surface area contributed by atoms with Crippen molar-refractivity contribution in [2.75, 3.05) is 24.3 Å². The fraction of sp³-hybridized carbons (Fsp3) is 0.250. The lowest BCUT2D eigenvalue weighted by atomic mass is 10.2. The summed E-state index contributed by atoms with van der Waals surface area (Å²) < 4.78 is 29.0. The van der Waals surface area contributed by atoms with Crippen LogP contribution in [0.3, 0.4) is 0 Å². The number of aryl methyl sites for hydroxylation is 1. The number of hydrogen-bond donors (Lipinski definition) is 0. The Bertz CT molecular complexity index is 1180. The van der Waals surface area contributed by atoms with Crippen LogP contribution in [-0.4, -0.2) is 38.7 Å². The summed E-state index contributed by atoms with van der Waals surface area (Å²) in [5.74, 6) is 0.748. The molecule has 0 radical (unpaired) electrons. The molecule has 168 valence electrons. The van der Waals surface area contributed by atoms with E-state index in [1.165, 1.54) is 17.6 Å². The predicted octanol–water partition coefficient (Wildman–Crippen LogP) is 4.90. The van der Waals surface area contributed by atoms with Gasteiger partial charge in [-0.15, -0.1) is 17.9 Å². The molecule has 0 aliphatic carbocycles. The Labute approximate surface area is 193 Å². The van der Waals surface area contributed by atoms with Crippen LogP contribution in [0.15, 0.2) is 71.5 Å². The molecule has 0 fully saturated rings. The van der Waals surface area contributed by atoms with Gasteiger partial charge >= 0.3 is 0 Å². The lowest BCUT2D eigenvalue weighted by molar-refractivity contribution is -0.118. The maximum absolute atomic E-state index is 12.8. The molecule has 0 bridgehead atoms. The number of ether oxygens (including phenoxy) is 1. The SMILES string of the molecule is C=CCN(C(=O)CCCOc1cccc(C)c1)c1nc(-c2ccc(S(C)(=O)=O)cc2)cs1. The topological polar surface area (TPSA) is 76.6 Å². The highest BCUT2D eigenvalue weighted by Gasteiger charge is 2.18. The average Bonchev–Trinajstić information content (AvgIpc) is 3.24. The van der Waals surface area contributed by atoms with Crippen molar-refractivity contribution in [2.24, 2.45) is 0 Å². The smallest absolute Gasteiger partial charge is 0.229 e. The zero-order valence-corrected chi connectivity index (χ0v) is 19.8. The third kappa shape index (κ3) is 6.27. The Morgan fingerprint density at radius 3 is 2.62 bits per heavy atom. The molecule has 0 N–H and O–H groups in total. The minimum absolute atomic E-state index is 0.0499. The van der Waals surface area contributed by atoms with Crippen LogP contribution in [0.1, 0.15) is 18.4 Å². The third-order valence-electron chi connectivity index (χ3n) is 4.71. The molecule has 0 spiro atoms. The molecule has 1 amide bonds. The number of sulfone groups is 1. The summed E-state index contributed by atoms with van der Waals surface area (Å²) in [7, 11) is -3.25. The van der Waals surface area contributed by atoms with Gasteiger partial charge in [-0.2, -0.15) is 0 Å². The Morgan fingerprint density at radius 2 is 1.97 bits per heavy atom. The number of thiazole rings is 1. The van der Waals surface area contributed by atoms with Crippen LogP contribution >= 0.6 is 11.3 Å². The third-order valence-corrected chi connectivity index (χ3v) is 6.70. The molecule has 0 aliphatic heterocycles. The van der Waals surface area contributed by atoms with Gasteiger partial charge in [0.1, 0.15) is 5.75 Å². The monoisotopic (exact) mass is 470 g/mol. The fourth-order valence-corrected chi connectivity index (χ4v) is 4.55. The van der Waals surface area contributed by atoms with Crippen LogP contribution in [-0.2, 0) is 14.6 Å². The van der Waals surface area contributed by atoms with Crippen LogP contribution in [0.4, 0.5) is 5.13 Å². The van der Waals surface area contributed by atoms with Gasteiger partial charge < -0.3 is 4.74 Å². The zero-order valence-electron chi connectivity index (χ0n) is 18.2. The first-order valence-electron chi connectivity index (χ1n) is 10.1. The summed E-state index contributed by atoms with van der Waals surface area (Å²) >= 11 is 1.36. The van der Waals surface area contributed by atoms with Crippen molar-refractivity contribution < 1.29 is 17.9 Å². The van der Waals surface area contributed by atoms with Crippen molar-refractivity contribution in [3.8, 4) is 17.0 Å². The van der Waals surface area contributed by atoms with Gasteiger partial charge in [0.15, 0.2) is 15.0 Å². The summed E-state index contributed by atoms with van der Waals surface area (Å²) in [6.45, 7) is 6.57. The van der Waals surface area contributed by atoms with Crippen LogP contribution < -0.4 is 9.64 Å². The maximum atomic E-state index is 12.8. The van der Waals surface area contributed by atoms with E-state index in [-0.39, 0.29) is 10.8 Å². The van der Waals surface area contributed by atoms with E-state index in [9.17, 15) is 13.2 Å². The highest BCUT2D eigenvalue weighted by atomic mass is 32.2. The number of hydrogen-bond acceptors (Lipinski definition) is 6. The molecule has 0 unspecified atom stereocenters. The molecular weight excluding hydrogens is 444 g/mol. The van der Waals surface area contributed by atoms with Crippen molar-refractivity contribution in [1.82, 2.24) is 4.98 Å². The van der Waals surface area contributed by atoms with Crippen molar-refractivity contribution in [3.63, 3.8) is 0 Å². The fourth-order valence-electron chi connectivity index (χ4n) is 3.06. The normalized spacial score (nSPS) is 11.2. The quantitative estimate of drug-likeness (QED) is 0.311. The first-order chi connectivity index (χ1) is 15.3. The summed E-state index contributed by atoms with van der Waals surface area (Å²) in [5.41, 5.74) is 2.61. The molecule has 1 aromatic heterocycles. The Morgan fingerprint density at radius 1 is 1.22 bits per heavy atom. The zero-order chi connectivity index (χ0) is 23.1. The van der Waals surface area contributed by atoms with E-state index in [2.05, 4.69) is 11.6 Å². The predicted molar refractivity (Wildman–Crippen MR) is 129 cm³/mol. The van der Waals surface area contributed by atoms with Gasteiger partial charge in [-0.1, -0.05) is 30.3 Å². The number of amides is 1. The Balaban J connectivity index is 1.63. The number of anilines is 1. The molecule has 32 heavy (non-hydrogen) atoms. The van der Waals surface area contributed by atoms with E-state index in [0.717, 1.165) is 16.9 Å². The number of aromatic nitrogens is 1. The molecule has 0 aliphatic rings. The minimum atomic E-state index is -3.25. The second-order valence-corrected chi connectivity index (χ2v) is 10.2. The molecule has 0 saturated heterocycles. The first-order valence-corrected chi connectivity index (χ1v) is 12.9. The van der Waals surface area contributed by atoms with Crippen molar-refractivity contribution in [3.05, 3.63) is 72.1 Å². The summed E-state index contributed by atoms with van der Waals surface area (Å²) in [6, 6.07) is 14.4. The highest BCUT2D eigenvalue weighted by molar-refractivity contribution is 7.90. The molecule has 3 aromatic rings. The van der Waals surface area contributed by atoms with Crippen molar-refractivity contribution in [2.45, 2.75) is 24.7 Å². The van der Waals surface area contributed by atoms with E-state index in [1.54, 1.807) is 35.2 Å². The Kier molecular flexibility index (Phi) is 7.82. The molecule has 8 heteroatoms. The van der Waals surface area contributed by atoms with E-state index >= 15 is 0 Å². The molecular formula is C24H26N2O4S2. The van der Waals surface area contributed by atoms with E-state index in [4.69, 9.17) is 4.74 Å². The molecule has 3 rings (SSSR count). The molecule has 0 atom stereocenters. The van der Waals surface area contributed by atoms with Gasteiger partial charge in [0, 0.05) is 30.2 Å².